The van der Waals surface area contributed by atoms with E-state index in [0.717, 1.165) is 36.3 Å². The first-order valence-corrected chi connectivity index (χ1v) is 13.4. The van der Waals surface area contributed by atoms with Crippen molar-refractivity contribution in [1.82, 2.24) is 30.1 Å². The molecule has 0 unspecified atom stereocenters. The average Bonchev–Trinajstić information content (AvgIpc) is 3.77. The molecule has 2 fully saturated rings. The van der Waals surface area contributed by atoms with Gasteiger partial charge < -0.3 is 16.0 Å². The van der Waals surface area contributed by atoms with Gasteiger partial charge in [-0.25, -0.2) is 14.8 Å². The normalized spacial score (nSPS) is 18.2. The van der Waals surface area contributed by atoms with E-state index < -0.39 is 0 Å². The molecule has 2 aromatic carbocycles. The van der Waals surface area contributed by atoms with E-state index in [1.165, 1.54) is 17.9 Å². The second-order valence-electron chi connectivity index (χ2n) is 9.80. The smallest absolute Gasteiger partial charge is 0.321 e. The van der Waals surface area contributed by atoms with Crippen molar-refractivity contribution < 1.29 is 9.63 Å². The predicted molar refractivity (Wildman–Crippen MR) is 152 cm³/mol. The van der Waals surface area contributed by atoms with Gasteiger partial charge in [0.25, 0.3) is 0 Å². The highest BCUT2D eigenvalue weighted by atomic mass is 16.7. The highest BCUT2D eigenvalue weighted by molar-refractivity contribution is 5.89. The van der Waals surface area contributed by atoms with Crippen LogP contribution >= 0.6 is 0 Å². The molecule has 6 rings (SSSR count). The van der Waals surface area contributed by atoms with Crippen LogP contribution in [-0.2, 0) is 11.4 Å². The van der Waals surface area contributed by atoms with E-state index in [0.29, 0.717) is 29.8 Å². The second-order valence-corrected chi connectivity index (χ2v) is 9.80. The van der Waals surface area contributed by atoms with Crippen LogP contribution in [0.1, 0.15) is 42.0 Å². The fourth-order valence-corrected chi connectivity index (χ4v) is 4.90. The van der Waals surface area contributed by atoms with E-state index >= 15 is 0 Å². The van der Waals surface area contributed by atoms with E-state index in [2.05, 4.69) is 42.9 Å². The van der Waals surface area contributed by atoms with Crippen molar-refractivity contribution in [2.75, 3.05) is 23.8 Å². The summed E-state index contributed by atoms with van der Waals surface area (Å²) in [4.78, 5) is 27.3. The van der Waals surface area contributed by atoms with Gasteiger partial charge in [0.2, 0.25) is 5.95 Å². The molecule has 2 aliphatic heterocycles. The molecule has 0 spiro atoms. The molecule has 2 amide bonds. The maximum Gasteiger partial charge on any atom is 0.346 e. The zero-order valence-electron chi connectivity index (χ0n) is 22.0. The Morgan fingerprint density at radius 1 is 1.00 bits per heavy atom. The van der Waals surface area contributed by atoms with Crippen LogP contribution in [0.15, 0.2) is 79.4 Å². The van der Waals surface area contributed by atoms with Gasteiger partial charge in [0, 0.05) is 42.3 Å². The molecule has 40 heavy (non-hydrogen) atoms. The van der Waals surface area contributed by atoms with Crippen molar-refractivity contribution in [3.8, 4) is 11.8 Å². The number of aromatic nitrogens is 4. The Morgan fingerprint density at radius 3 is 2.67 bits per heavy atom. The lowest BCUT2D eigenvalue weighted by Gasteiger charge is -2.23. The molecule has 2 atom stereocenters. The first kappa shape index (κ1) is 25.6. The number of carbonyl (C=O) groups excluding carboxylic acids is 1. The van der Waals surface area contributed by atoms with Crippen molar-refractivity contribution in [3.05, 3.63) is 96.1 Å². The summed E-state index contributed by atoms with van der Waals surface area (Å²) in [6, 6.07) is 17.3. The molecule has 2 aromatic heterocycles. The van der Waals surface area contributed by atoms with Gasteiger partial charge in [0.1, 0.15) is 0 Å². The van der Waals surface area contributed by atoms with Crippen molar-refractivity contribution >= 4 is 23.4 Å². The fourth-order valence-electron chi connectivity index (χ4n) is 4.90. The maximum atomic E-state index is 13.0. The third-order valence-corrected chi connectivity index (χ3v) is 6.87. The van der Waals surface area contributed by atoms with Crippen LogP contribution < -0.4 is 16.0 Å². The molecular formula is C30H30N8O2. The topological polar surface area (TPSA) is 109 Å². The van der Waals surface area contributed by atoms with Crippen LogP contribution in [0.4, 0.5) is 22.1 Å². The zero-order valence-corrected chi connectivity index (χ0v) is 22.0. The largest absolute Gasteiger partial charge is 0.346 e. The molecular weight excluding hydrogens is 504 g/mol. The minimum Gasteiger partial charge on any atom is -0.321 e. The Balaban J connectivity index is 1.05. The molecule has 2 saturated heterocycles. The minimum absolute atomic E-state index is 0.118. The van der Waals surface area contributed by atoms with Gasteiger partial charge in [-0.2, -0.15) is 10.2 Å². The first-order chi connectivity index (χ1) is 19.7. The van der Waals surface area contributed by atoms with E-state index in [-0.39, 0.29) is 12.1 Å². The number of carbonyl (C=O) groups is 1. The van der Waals surface area contributed by atoms with E-state index in [4.69, 9.17) is 4.84 Å². The lowest BCUT2D eigenvalue weighted by atomic mass is 10.1. The summed E-state index contributed by atoms with van der Waals surface area (Å²) in [7, 11) is 0. The Hall–Kier alpha value is -4.72. The first-order valence-electron chi connectivity index (χ1n) is 13.4. The van der Waals surface area contributed by atoms with Gasteiger partial charge >= 0.3 is 6.03 Å². The number of rotatable bonds is 6. The predicted octanol–water partition coefficient (Wildman–Crippen LogP) is 4.48. The lowest BCUT2D eigenvalue weighted by Crippen LogP contribution is -2.33. The molecule has 202 valence electrons. The van der Waals surface area contributed by atoms with Gasteiger partial charge in [-0.15, -0.1) is 0 Å². The Morgan fingerprint density at radius 2 is 1.85 bits per heavy atom. The van der Waals surface area contributed by atoms with Crippen LogP contribution in [0, 0.1) is 11.8 Å². The molecule has 10 heteroatoms. The van der Waals surface area contributed by atoms with Crippen LogP contribution in [0.25, 0.3) is 0 Å². The molecule has 10 nitrogen and oxygen atoms in total. The Kier molecular flexibility index (Phi) is 7.66. The number of hydrogen-bond donors (Lipinski definition) is 3. The quantitative estimate of drug-likeness (QED) is 0.313. The molecule has 0 aliphatic carbocycles. The third kappa shape index (κ3) is 6.29. The number of nitrogens with zero attached hydrogens (tertiary/aromatic N) is 5. The van der Waals surface area contributed by atoms with Crippen LogP contribution in [0.5, 0.6) is 0 Å². The van der Waals surface area contributed by atoms with Gasteiger partial charge in [-0.1, -0.05) is 48.2 Å². The Bertz CT molecular complexity index is 1500. The molecule has 4 aromatic rings. The summed E-state index contributed by atoms with van der Waals surface area (Å²) in [6.07, 6.45) is 10.2. The zero-order chi connectivity index (χ0) is 27.1. The highest BCUT2D eigenvalue weighted by Crippen LogP contribution is 2.30. The van der Waals surface area contributed by atoms with E-state index in [1.54, 1.807) is 18.6 Å². The number of urea groups is 1. The number of nitrogens with one attached hydrogen (secondary N) is 3. The van der Waals surface area contributed by atoms with E-state index in [9.17, 15) is 4.79 Å². The molecule has 3 N–H and O–H groups in total. The summed E-state index contributed by atoms with van der Waals surface area (Å²) in [6.45, 7) is 2.42. The van der Waals surface area contributed by atoms with Gasteiger partial charge in [-0.05, 0) is 43.1 Å². The van der Waals surface area contributed by atoms with Crippen molar-refractivity contribution in [1.29, 1.82) is 0 Å². The maximum absolute atomic E-state index is 13.0. The standard InChI is InChI=1S/C30H30N8O2/c39-30(38-28(13-15-40-38)24-7-2-1-3-8-24)36-25-9-4-6-22(16-25)11-12-23-17-32-29(33-18-23)35-27-19-34-37(21-27)20-26-10-5-14-31-26/h1-4,6-9,16-19,21,26,28,31H,5,10,13-15,20H2,(H,36,39)(H,32,33,35)/t26-,28+/m1/s1. The van der Waals surface area contributed by atoms with Gasteiger partial charge in [0.05, 0.1) is 36.6 Å². The number of amides is 2. The Labute approximate surface area is 232 Å². The number of hydrogen-bond acceptors (Lipinski definition) is 7. The monoisotopic (exact) mass is 534 g/mol. The second kappa shape index (κ2) is 12.0. The summed E-state index contributed by atoms with van der Waals surface area (Å²) in [5.41, 5.74) is 3.96. The summed E-state index contributed by atoms with van der Waals surface area (Å²) in [5.74, 6) is 6.68. The molecule has 0 saturated carbocycles. The highest BCUT2D eigenvalue weighted by Gasteiger charge is 2.31. The van der Waals surface area contributed by atoms with Gasteiger partial charge in [-0.3, -0.25) is 9.52 Å². The van der Waals surface area contributed by atoms with Crippen LogP contribution in [0.3, 0.4) is 0 Å². The number of hydroxylamine groups is 2. The molecule has 0 radical (unpaired) electrons. The summed E-state index contributed by atoms with van der Waals surface area (Å²) < 4.78 is 1.93. The minimum atomic E-state index is -0.311. The summed E-state index contributed by atoms with van der Waals surface area (Å²) >= 11 is 0. The van der Waals surface area contributed by atoms with Crippen LogP contribution in [0.2, 0.25) is 0 Å². The van der Waals surface area contributed by atoms with Gasteiger partial charge in [0.15, 0.2) is 0 Å². The van der Waals surface area contributed by atoms with Crippen molar-refractivity contribution in [2.24, 2.45) is 0 Å². The van der Waals surface area contributed by atoms with E-state index in [1.807, 2.05) is 65.5 Å². The lowest BCUT2D eigenvalue weighted by molar-refractivity contribution is -0.0829. The fraction of sp³-hybridized carbons (Fsp3) is 0.267. The molecule has 0 bridgehead atoms. The number of benzene rings is 2. The van der Waals surface area contributed by atoms with Crippen molar-refractivity contribution in [2.45, 2.75) is 37.9 Å². The summed E-state index contributed by atoms with van der Waals surface area (Å²) in [5, 5.41) is 15.4. The molecule has 4 heterocycles. The third-order valence-electron chi connectivity index (χ3n) is 6.87. The number of anilines is 3. The van der Waals surface area contributed by atoms with Crippen LogP contribution in [-0.4, -0.2) is 50.0 Å². The SMILES string of the molecule is O=C(Nc1cccc(C#Cc2cnc(Nc3cnn(C[C@H]4CCCN4)c3)nc2)c1)N1OCC[C@H]1c1ccccc1. The average molecular weight is 535 g/mol. The van der Waals surface area contributed by atoms with Crippen molar-refractivity contribution in [3.63, 3.8) is 0 Å². The molecule has 2 aliphatic rings.